The van der Waals surface area contributed by atoms with E-state index in [0.29, 0.717) is 19.1 Å². The van der Waals surface area contributed by atoms with Gasteiger partial charge >= 0.3 is 0 Å². The number of hydrogen-bond acceptors (Lipinski definition) is 3. The van der Waals surface area contributed by atoms with Gasteiger partial charge in [0.25, 0.3) is 0 Å². The highest BCUT2D eigenvalue weighted by Crippen LogP contribution is 2.17. The molecule has 1 aliphatic rings. The Kier molecular flexibility index (Phi) is 8.97. The van der Waals surface area contributed by atoms with E-state index in [1.807, 2.05) is 30.3 Å². The summed E-state index contributed by atoms with van der Waals surface area (Å²) >= 11 is 0. The molecule has 0 amide bonds. The van der Waals surface area contributed by atoms with Gasteiger partial charge in [-0.25, -0.2) is 4.99 Å². The summed E-state index contributed by atoms with van der Waals surface area (Å²) in [5.41, 5.74) is 1.23. The molecule has 2 heterocycles. The first-order chi connectivity index (χ1) is 12.3. The van der Waals surface area contributed by atoms with Crippen LogP contribution >= 0.6 is 24.0 Å². The molecular formula is C20H28IN3O2. The number of rotatable bonds is 7. The van der Waals surface area contributed by atoms with E-state index in [0.717, 1.165) is 44.4 Å². The van der Waals surface area contributed by atoms with E-state index in [1.165, 1.54) is 5.56 Å². The van der Waals surface area contributed by atoms with Crippen molar-refractivity contribution in [2.24, 2.45) is 10.9 Å². The fraction of sp³-hybridized carbons (Fsp3) is 0.450. The summed E-state index contributed by atoms with van der Waals surface area (Å²) in [4.78, 5) is 7.02. The predicted molar refractivity (Wildman–Crippen MR) is 115 cm³/mol. The predicted octanol–water partition coefficient (Wildman–Crippen LogP) is 3.90. The monoisotopic (exact) mass is 469 g/mol. The van der Waals surface area contributed by atoms with Gasteiger partial charge in [-0.05, 0) is 31.0 Å². The molecule has 1 aromatic carbocycles. The molecule has 1 aliphatic heterocycles. The van der Waals surface area contributed by atoms with Crippen LogP contribution in [-0.4, -0.2) is 37.1 Å². The van der Waals surface area contributed by atoms with E-state index < -0.39 is 0 Å². The first-order valence-corrected chi connectivity index (χ1v) is 9.02. The van der Waals surface area contributed by atoms with Crippen molar-refractivity contribution >= 4 is 29.9 Å². The summed E-state index contributed by atoms with van der Waals surface area (Å²) < 4.78 is 11.3. The largest absolute Gasteiger partial charge is 0.467 e. The molecule has 1 atom stereocenters. The molecule has 0 radical (unpaired) electrons. The number of halogens is 1. The van der Waals surface area contributed by atoms with Gasteiger partial charge in [-0.2, -0.15) is 0 Å². The third-order valence-electron chi connectivity index (χ3n) is 4.35. The molecule has 1 saturated heterocycles. The van der Waals surface area contributed by atoms with E-state index in [4.69, 9.17) is 14.1 Å². The van der Waals surface area contributed by atoms with Crippen LogP contribution in [0.1, 0.15) is 24.7 Å². The normalized spacial score (nSPS) is 17.2. The maximum Gasteiger partial charge on any atom is 0.194 e. The summed E-state index contributed by atoms with van der Waals surface area (Å²) in [5, 5.41) is 3.38. The van der Waals surface area contributed by atoms with Crippen LogP contribution in [0.25, 0.3) is 0 Å². The number of hydrogen-bond donors (Lipinski definition) is 1. The van der Waals surface area contributed by atoms with Gasteiger partial charge in [0, 0.05) is 25.6 Å². The molecule has 3 rings (SSSR count). The SMILES string of the molecule is CCNC(=NCc1ccco1)N1CCC(COCc2ccccc2)C1.I. The quantitative estimate of drug-likeness (QED) is 0.380. The van der Waals surface area contributed by atoms with Gasteiger partial charge in [0.1, 0.15) is 12.3 Å². The van der Waals surface area contributed by atoms with E-state index in [1.54, 1.807) is 6.26 Å². The first kappa shape index (κ1) is 20.8. The van der Waals surface area contributed by atoms with Gasteiger partial charge < -0.3 is 19.4 Å². The fourth-order valence-electron chi connectivity index (χ4n) is 3.06. The van der Waals surface area contributed by atoms with Crippen LogP contribution < -0.4 is 5.32 Å². The summed E-state index contributed by atoms with van der Waals surface area (Å²) in [7, 11) is 0. The Hall–Kier alpha value is -1.54. The Morgan fingerprint density at radius 1 is 1.27 bits per heavy atom. The third kappa shape index (κ3) is 6.32. The zero-order valence-corrected chi connectivity index (χ0v) is 17.6. The minimum absolute atomic E-state index is 0. The fourth-order valence-corrected chi connectivity index (χ4v) is 3.06. The number of guanidine groups is 1. The first-order valence-electron chi connectivity index (χ1n) is 9.02. The summed E-state index contributed by atoms with van der Waals surface area (Å²) in [6.45, 7) is 7.01. The second-order valence-corrected chi connectivity index (χ2v) is 6.35. The Morgan fingerprint density at radius 3 is 2.85 bits per heavy atom. The van der Waals surface area contributed by atoms with Crippen LogP contribution in [0.4, 0.5) is 0 Å². The maximum atomic E-state index is 5.91. The second kappa shape index (κ2) is 11.2. The van der Waals surface area contributed by atoms with Gasteiger partial charge in [-0.3, -0.25) is 0 Å². The minimum atomic E-state index is 0. The van der Waals surface area contributed by atoms with Crippen LogP contribution in [0.3, 0.4) is 0 Å². The summed E-state index contributed by atoms with van der Waals surface area (Å²) in [6, 6.07) is 14.2. The Labute approximate surface area is 172 Å². The van der Waals surface area contributed by atoms with E-state index in [2.05, 4.69) is 29.3 Å². The van der Waals surface area contributed by atoms with Crippen molar-refractivity contribution in [3.8, 4) is 0 Å². The second-order valence-electron chi connectivity index (χ2n) is 6.35. The lowest BCUT2D eigenvalue weighted by Crippen LogP contribution is -2.40. The number of ether oxygens (including phenoxy) is 1. The van der Waals surface area contributed by atoms with Gasteiger partial charge in [0.2, 0.25) is 0 Å². The third-order valence-corrected chi connectivity index (χ3v) is 4.35. The molecule has 2 aromatic rings. The number of furan rings is 1. The summed E-state index contributed by atoms with van der Waals surface area (Å²) in [5.74, 6) is 2.40. The van der Waals surface area contributed by atoms with Crippen molar-refractivity contribution in [3.63, 3.8) is 0 Å². The number of nitrogens with zero attached hydrogens (tertiary/aromatic N) is 2. The number of likely N-dealkylation sites (tertiary alicyclic amines) is 1. The molecule has 1 fully saturated rings. The zero-order chi connectivity index (χ0) is 17.3. The van der Waals surface area contributed by atoms with Crippen molar-refractivity contribution in [3.05, 3.63) is 60.1 Å². The van der Waals surface area contributed by atoms with Crippen molar-refractivity contribution in [2.45, 2.75) is 26.5 Å². The zero-order valence-electron chi connectivity index (χ0n) is 15.3. The minimum Gasteiger partial charge on any atom is -0.467 e. The van der Waals surface area contributed by atoms with Crippen molar-refractivity contribution in [1.29, 1.82) is 0 Å². The van der Waals surface area contributed by atoms with Gasteiger partial charge in [-0.1, -0.05) is 30.3 Å². The molecule has 1 unspecified atom stereocenters. The van der Waals surface area contributed by atoms with E-state index >= 15 is 0 Å². The highest BCUT2D eigenvalue weighted by atomic mass is 127. The molecule has 1 N–H and O–H groups in total. The van der Waals surface area contributed by atoms with Crippen molar-refractivity contribution in [2.75, 3.05) is 26.2 Å². The Morgan fingerprint density at radius 2 is 2.12 bits per heavy atom. The lowest BCUT2D eigenvalue weighted by atomic mass is 10.1. The summed E-state index contributed by atoms with van der Waals surface area (Å²) in [6.07, 6.45) is 2.83. The lowest BCUT2D eigenvalue weighted by Gasteiger charge is -2.21. The van der Waals surface area contributed by atoms with Gasteiger partial charge in [-0.15, -0.1) is 24.0 Å². The topological polar surface area (TPSA) is 50.0 Å². The maximum absolute atomic E-state index is 5.91. The Balaban J connectivity index is 0.00000243. The van der Waals surface area contributed by atoms with Crippen LogP contribution in [0.15, 0.2) is 58.1 Å². The van der Waals surface area contributed by atoms with Crippen LogP contribution in [0.5, 0.6) is 0 Å². The van der Waals surface area contributed by atoms with Crippen LogP contribution in [0, 0.1) is 5.92 Å². The van der Waals surface area contributed by atoms with Crippen LogP contribution in [-0.2, 0) is 17.9 Å². The van der Waals surface area contributed by atoms with E-state index in [-0.39, 0.29) is 24.0 Å². The molecule has 0 saturated carbocycles. The van der Waals surface area contributed by atoms with Crippen LogP contribution in [0.2, 0.25) is 0 Å². The molecule has 142 valence electrons. The standard InChI is InChI=1S/C20H27N3O2.HI/c1-2-21-20(22-13-19-9-6-12-25-19)23-11-10-18(14-23)16-24-15-17-7-4-3-5-8-17;/h3-9,12,18H,2,10-11,13-16H2,1H3,(H,21,22);1H. The van der Waals surface area contributed by atoms with E-state index in [9.17, 15) is 0 Å². The molecule has 5 nitrogen and oxygen atoms in total. The van der Waals surface area contributed by atoms with Crippen molar-refractivity contribution < 1.29 is 9.15 Å². The molecule has 6 heteroatoms. The molecule has 26 heavy (non-hydrogen) atoms. The van der Waals surface area contributed by atoms with Gasteiger partial charge in [0.05, 0.1) is 19.5 Å². The van der Waals surface area contributed by atoms with Gasteiger partial charge in [0.15, 0.2) is 5.96 Å². The smallest absolute Gasteiger partial charge is 0.194 e. The molecule has 0 bridgehead atoms. The lowest BCUT2D eigenvalue weighted by molar-refractivity contribution is 0.0906. The highest BCUT2D eigenvalue weighted by molar-refractivity contribution is 14.0. The highest BCUT2D eigenvalue weighted by Gasteiger charge is 2.25. The molecule has 0 spiro atoms. The van der Waals surface area contributed by atoms with Crippen molar-refractivity contribution in [1.82, 2.24) is 10.2 Å². The average Bonchev–Trinajstić information content (AvgIpc) is 3.32. The number of nitrogens with one attached hydrogen (secondary N) is 1. The average molecular weight is 469 g/mol. The number of benzene rings is 1. The number of aliphatic imine (C=N–C) groups is 1. The molecule has 0 aliphatic carbocycles. The molecular weight excluding hydrogens is 441 g/mol. The Bertz CT molecular complexity index is 646. The molecule has 1 aromatic heterocycles.